The van der Waals surface area contributed by atoms with Crippen molar-refractivity contribution in [2.45, 2.75) is 32.2 Å². The number of aryl methyl sites for hydroxylation is 1. The third kappa shape index (κ3) is 4.87. The van der Waals surface area contributed by atoms with Gasteiger partial charge in [-0.1, -0.05) is 47.6 Å². The Morgan fingerprint density at radius 1 is 1.14 bits per heavy atom. The molecule has 29 heavy (non-hydrogen) atoms. The molecular weight excluding hydrogens is 368 g/mol. The third-order valence-electron chi connectivity index (χ3n) is 4.82. The molecule has 2 aromatic carbocycles. The number of amides is 2. The lowest BCUT2D eigenvalue weighted by atomic mass is 10.2. The molecule has 2 amide bonds. The molecule has 7 nitrogen and oxygen atoms in total. The molecule has 0 spiro atoms. The summed E-state index contributed by atoms with van der Waals surface area (Å²) in [7, 11) is 0. The number of hydrogen-bond donors (Lipinski definition) is 1. The van der Waals surface area contributed by atoms with Crippen LogP contribution in [0.5, 0.6) is 0 Å². The van der Waals surface area contributed by atoms with E-state index in [1.165, 1.54) is 0 Å². The molecule has 1 aliphatic heterocycles. The number of carbonyl (C=O) groups excluding carboxylic acids is 2. The van der Waals surface area contributed by atoms with Crippen molar-refractivity contribution in [2.24, 2.45) is 0 Å². The standard InChI is InChI=1S/C22H22N4O3/c27-19(11-12-20-24-22(25-29-20)17-7-2-1-3-8-17)23-18-9-4-6-16(14-18)15-26-13-5-10-21(26)28/h1-4,6-9,14H,5,10-13,15H2,(H,23,27). The number of carbonyl (C=O) groups is 2. The van der Waals surface area contributed by atoms with Crippen LogP contribution in [0.4, 0.5) is 5.69 Å². The van der Waals surface area contributed by atoms with Gasteiger partial charge in [-0.3, -0.25) is 9.59 Å². The zero-order valence-electron chi connectivity index (χ0n) is 16.0. The van der Waals surface area contributed by atoms with Gasteiger partial charge in [0.15, 0.2) is 0 Å². The highest BCUT2D eigenvalue weighted by Crippen LogP contribution is 2.18. The molecule has 0 bridgehead atoms. The highest BCUT2D eigenvalue weighted by Gasteiger charge is 2.20. The summed E-state index contributed by atoms with van der Waals surface area (Å²) < 4.78 is 5.24. The number of anilines is 1. The Bertz CT molecular complexity index is 1000. The van der Waals surface area contributed by atoms with Gasteiger partial charge in [0.2, 0.25) is 23.5 Å². The van der Waals surface area contributed by atoms with E-state index in [4.69, 9.17) is 4.52 Å². The van der Waals surface area contributed by atoms with Gasteiger partial charge in [0.1, 0.15) is 0 Å². The van der Waals surface area contributed by atoms with E-state index in [1.807, 2.05) is 59.5 Å². The molecule has 148 valence electrons. The van der Waals surface area contributed by atoms with Crippen molar-refractivity contribution in [1.29, 1.82) is 0 Å². The lowest BCUT2D eigenvalue weighted by Gasteiger charge is -2.16. The molecule has 4 rings (SSSR count). The van der Waals surface area contributed by atoms with E-state index >= 15 is 0 Å². The molecule has 0 aliphatic carbocycles. The van der Waals surface area contributed by atoms with Crippen LogP contribution in [0.2, 0.25) is 0 Å². The summed E-state index contributed by atoms with van der Waals surface area (Å²) in [6.45, 7) is 1.37. The minimum absolute atomic E-state index is 0.126. The molecule has 3 aromatic rings. The van der Waals surface area contributed by atoms with E-state index in [2.05, 4.69) is 15.5 Å². The molecule has 1 aliphatic rings. The molecule has 1 N–H and O–H groups in total. The van der Waals surface area contributed by atoms with Gasteiger partial charge in [-0.25, -0.2) is 0 Å². The fraction of sp³-hybridized carbons (Fsp3) is 0.273. The fourth-order valence-electron chi connectivity index (χ4n) is 3.34. The monoisotopic (exact) mass is 390 g/mol. The van der Waals surface area contributed by atoms with Crippen molar-refractivity contribution in [3.8, 4) is 11.4 Å². The van der Waals surface area contributed by atoms with Crippen molar-refractivity contribution in [2.75, 3.05) is 11.9 Å². The predicted octanol–water partition coefficient (Wildman–Crippen LogP) is 3.43. The van der Waals surface area contributed by atoms with Crippen LogP contribution in [0.25, 0.3) is 11.4 Å². The Labute approximate surface area is 168 Å². The Kier molecular flexibility index (Phi) is 5.65. The van der Waals surface area contributed by atoms with Crippen molar-refractivity contribution < 1.29 is 14.1 Å². The quantitative estimate of drug-likeness (QED) is 0.668. The first-order valence-corrected chi connectivity index (χ1v) is 9.72. The summed E-state index contributed by atoms with van der Waals surface area (Å²) in [6, 6.07) is 17.2. The van der Waals surface area contributed by atoms with Crippen molar-refractivity contribution in [3.63, 3.8) is 0 Å². The number of hydrogen-bond acceptors (Lipinski definition) is 5. The molecule has 0 radical (unpaired) electrons. The lowest BCUT2D eigenvalue weighted by molar-refractivity contribution is -0.128. The normalized spacial score (nSPS) is 13.7. The third-order valence-corrected chi connectivity index (χ3v) is 4.82. The smallest absolute Gasteiger partial charge is 0.227 e. The molecule has 1 fully saturated rings. The predicted molar refractivity (Wildman–Crippen MR) is 108 cm³/mol. The summed E-state index contributed by atoms with van der Waals surface area (Å²) in [5, 5.41) is 6.86. The van der Waals surface area contributed by atoms with Gasteiger partial charge >= 0.3 is 0 Å². The first-order valence-electron chi connectivity index (χ1n) is 9.72. The van der Waals surface area contributed by atoms with Gasteiger partial charge < -0.3 is 14.7 Å². The topological polar surface area (TPSA) is 88.3 Å². The van der Waals surface area contributed by atoms with Gasteiger partial charge in [0.05, 0.1) is 0 Å². The van der Waals surface area contributed by atoms with Crippen LogP contribution in [0.15, 0.2) is 59.1 Å². The van der Waals surface area contributed by atoms with Crippen molar-refractivity contribution in [1.82, 2.24) is 15.0 Å². The van der Waals surface area contributed by atoms with Crippen LogP contribution >= 0.6 is 0 Å². The van der Waals surface area contributed by atoms with Crippen LogP contribution in [0.3, 0.4) is 0 Å². The second-order valence-corrected chi connectivity index (χ2v) is 7.05. The summed E-state index contributed by atoms with van der Waals surface area (Å²) in [4.78, 5) is 30.3. The van der Waals surface area contributed by atoms with Gasteiger partial charge in [0, 0.05) is 43.6 Å². The van der Waals surface area contributed by atoms with Gasteiger partial charge in [0.25, 0.3) is 0 Å². The minimum Gasteiger partial charge on any atom is -0.339 e. The van der Waals surface area contributed by atoms with Crippen LogP contribution in [-0.2, 0) is 22.6 Å². The van der Waals surface area contributed by atoms with Crippen molar-refractivity contribution >= 4 is 17.5 Å². The number of likely N-dealkylation sites (tertiary alicyclic amines) is 1. The first-order chi connectivity index (χ1) is 14.2. The highest BCUT2D eigenvalue weighted by atomic mass is 16.5. The average molecular weight is 390 g/mol. The van der Waals surface area contributed by atoms with Crippen LogP contribution in [0.1, 0.15) is 30.7 Å². The second-order valence-electron chi connectivity index (χ2n) is 7.05. The summed E-state index contributed by atoms with van der Waals surface area (Å²) >= 11 is 0. The van der Waals surface area contributed by atoms with E-state index < -0.39 is 0 Å². The van der Waals surface area contributed by atoms with Crippen LogP contribution < -0.4 is 5.32 Å². The van der Waals surface area contributed by atoms with Crippen molar-refractivity contribution in [3.05, 3.63) is 66.1 Å². The highest BCUT2D eigenvalue weighted by molar-refractivity contribution is 5.90. The van der Waals surface area contributed by atoms with E-state index in [9.17, 15) is 9.59 Å². The summed E-state index contributed by atoms with van der Waals surface area (Å²) in [5.41, 5.74) is 2.59. The van der Waals surface area contributed by atoms with E-state index in [0.717, 1.165) is 29.8 Å². The number of rotatable bonds is 7. The molecule has 1 saturated heterocycles. The largest absolute Gasteiger partial charge is 0.339 e. The maximum atomic E-state index is 12.3. The van der Waals surface area contributed by atoms with Gasteiger partial charge in [-0.15, -0.1) is 0 Å². The maximum absolute atomic E-state index is 12.3. The molecule has 7 heteroatoms. The molecule has 2 heterocycles. The molecular formula is C22H22N4O3. The van der Waals surface area contributed by atoms with E-state index in [0.29, 0.717) is 31.1 Å². The van der Waals surface area contributed by atoms with Gasteiger partial charge in [-0.05, 0) is 24.1 Å². The number of benzene rings is 2. The Hall–Kier alpha value is -3.48. The number of nitrogens with one attached hydrogen (secondary N) is 1. The molecule has 0 saturated carbocycles. The molecule has 0 unspecified atom stereocenters. The van der Waals surface area contributed by atoms with E-state index in [-0.39, 0.29) is 18.2 Å². The van der Waals surface area contributed by atoms with Crippen LogP contribution in [0, 0.1) is 0 Å². The zero-order valence-corrected chi connectivity index (χ0v) is 16.0. The maximum Gasteiger partial charge on any atom is 0.227 e. The Balaban J connectivity index is 1.30. The lowest BCUT2D eigenvalue weighted by Crippen LogP contribution is -2.23. The van der Waals surface area contributed by atoms with Crippen LogP contribution in [-0.4, -0.2) is 33.4 Å². The van der Waals surface area contributed by atoms with E-state index in [1.54, 1.807) is 0 Å². The zero-order chi connectivity index (χ0) is 20.1. The minimum atomic E-state index is -0.126. The average Bonchev–Trinajstić information content (AvgIpc) is 3.37. The SMILES string of the molecule is O=C(CCc1nc(-c2ccccc2)no1)Nc1cccc(CN2CCCC2=O)c1. The summed E-state index contributed by atoms with van der Waals surface area (Å²) in [5.74, 6) is 1.01. The first kappa shape index (κ1) is 18.9. The second kappa shape index (κ2) is 8.68. The number of nitrogens with zero attached hydrogens (tertiary/aromatic N) is 3. The summed E-state index contributed by atoms with van der Waals surface area (Å²) in [6.07, 6.45) is 2.15. The Morgan fingerprint density at radius 2 is 2.00 bits per heavy atom. The fourth-order valence-corrected chi connectivity index (χ4v) is 3.34. The molecule has 0 atom stereocenters. The number of aromatic nitrogens is 2. The molecule has 1 aromatic heterocycles. The van der Waals surface area contributed by atoms with Gasteiger partial charge in [-0.2, -0.15) is 4.98 Å². The Morgan fingerprint density at radius 3 is 2.79 bits per heavy atom.